The van der Waals surface area contributed by atoms with Gasteiger partial charge in [-0.3, -0.25) is 14.6 Å². The van der Waals surface area contributed by atoms with Gasteiger partial charge in [0.25, 0.3) is 5.91 Å². The SMILES string of the molecule is C=CCN(CC=C)CN1C(=O)C(=Nc2ccc(Cl)c(Cl)c2)c2ccccc21. The molecule has 27 heavy (non-hydrogen) atoms. The third-order valence-electron chi connectivity index (χ3n) is 4.16. The molecular formula is C21H19Cl2N3O. The Morgan fingerprint density at radius 3 is 2.41 bits per heavy atom. The second-order valence-electron chi connectivity index (χ2n) is 6.06. The Morgan fingerprint density at radius 2 is 1.74 bits per heavy atom. The van der Waals surface area contributed by atoms with Gasteiger partial charge < -0.3 is 0 Å². The van der Waals surface area contributed by atoms with Crippen molar-refractivity contribution in [1.82, 2.24) is 4.90 Å². The first kappa shape index (κ1) is 19.4. The molecule has 1 heterocycles. The van der Waals surface area contributed by atoms with Gasteiger partial charge in [-0.1, -0.05) is 53.6 Å². The van der Waals surface area contributed by atoms with Crippen LogP contribution in [0.4, 0.5) is 11.4 Å². The Kier molecular flexibility index (Phi) is 6.11. The summed E-state index contributed by atoms with van der Waals surface area (Å²) >= 11 is 12.1. The van der Waals surface area contributed by atoms with Gasteiger partial charge in [0.15, 0.2) is 0 Å². The smallest absolute Gasteiger partial charge is 0.278 e. The first-order valence-electron chi connectivity index (χ1n) is 8.44. The maximum atomic E-state index is 13.1. The van der Waals surface area contributed by atoms with E-state index in [1.807, 2.05) is 24.3 Å². The molecule has 0 atom stereocenters. The molecule has 3 rings (SSSR count). The third kappa shape index (κ3) is 4.14. The number of halogens is 2. The lowest BCUT2D eigenvalue weighted by Gasteiger charge is -2.26. The van der Waals surface area contributed by atoms with Crippen LogP contribution in [0.15, 0.2) is 72.8 Å². The van der Waals surface area contributed by atoms with Gasteiger partial charge in [0, 0.05) is 18.7 Å². The van der Waals surface area contributed by atoms with Gasteiger partial charge in [-0.25, -0.2) is 4.99 Å². The number of aliphatic imine (C=N–C) groups is 1. The molecule has 0 spiro atoms. The van der Waals surface area contributed by atoms with E-state index in [1.165, 1.54) is 0 Å². The minimum Gasteiger partial charge on any atom is -0.293 e. The van der Waals surface area contributed by atoms with E-state index in [0.29, 0.717) is 41.2 Å². The Labute approximate surface area is 169 Å². The van der Waals surface area contributed by atoms with Crippen LogP contribution in [0.2, 0.25) is 10.0 Å². The number of para-hydroxylation sites is 1. The van der Waals surface area contributed by atoms with Crippen molar-refractivity contribution in [3.8, 4) is 0 Å². The van der Waals surface area contributed by atoms with Crippen molar-refractivity contribution in [2.45, 2.75) is 0 Å². The summed E-state index contributed by atoms with van der Waals surface area (Å²) in [6, 6.07) is 12.7. The zero-order chi connectivity index (χ0) is 19.4. The molecule has 0 bridgehead atoms. The van der Waals surface area contributed by atoms with Crippen molar-refractivity contribution in [1.29, 1.82) is 0 Å². The van der Waals surface area contributed by atoms with Gasteiger partial charge in [0.05, 0.1) is 28.1 Å². The maximum Gasteiger partial charge on any atom is 0.278 e. The van der Waals surface area contributed by atoms with E-state index in [4.69, 9.17) is 23.2 Å². The first-order chi connectivity index (χ1) is 13.0. The van der Waals surface area contributed by atoms with Crippen LogP contribution in [0.25, 0.3) is 0 Å². The summed E-state index contributed by atoms with van der Waals surface area (Å²) in [6.07, 6.45) is 3.61. The van der Waals surface area contributed by atoms with E-state index in [2.05, 4.69) is 23.1 Å². The minimum absolute atomic E-state index is 0.152. The first-order valence-corrected chi connectivity index (χ1v) is 9.20. The molecule has 0 aliphatic carbocycles. The van der Waals surface area contributed by atoms with Crippen molar-refractivity contribution in [3.63, 3.8) is 0 Å². The number of anilines is 1. The van der Waals surface area contributed by atoms with Crippen LogP contribution in [-0.2, 0) is 4.79 Å². The lowest BCUT2D eigenvalue weighted by atomic mass is 10.1. The van der Waals surface area contributed by atoms with Crippen LogP contribution in [0, 0.1) is 0 Å². The summed E-state index contributed by atoms with van der Waals surface area (Å²) in [5, 5.41) is 0.849. The van der Waals surface area contributed by atoms with Crippen molar-refractivity contribution in [2.75, 3.05) is 24.7 Å². The fourth-order valence-electron chi connectivity index (χ4n) is 2.95. The molecule has 0 radical (unpaired) electrons. The summed E-state index contributed by atoms with van der Waals surface area (Å²) in [4.78, 5) is 21.5. The van der Waals surface area contributed by atoms with E-state index >= 15 is 0 Å². The number of fused-ring (bicyclic) bond motifs is 1. The van der Waals surface area contributed by atoms with E-state index < -0.39 is 0 Å². The molecule has 1 aliphatic heterocycles. The zero-order valence-corrected chi connectivity index (χ0v) is 16.2. The molecular weight excluding hydrogens is 381 g/mol. The van der Waals surface area contributed by atoms with Gasteiger partial charge in [0.2, 0.25) is 0 Å². The molecule has 0 N–H and O–H groups in total. The molecule has 0 saturated heterocycles. The molecule has 138 valence electrons. The molecule has 6 heteroatoms. The zero-order valence-electron chi connectivity index (χ0n) is 14.7. The van der Waals surface area contributed by atoms with Gasteiger partial charge in [-0.15, -0.1) is 13.2 Å². The van der Waals surface area contributed by atoms with Crippen molar-refractivity contribution < 1.29 is 4.79 Å². The number of hydrogen-bond donors (Lipinski definition) is 0. The number of carbonyl (C=O) groups excluding carboxylic acids is 1. The molecule has 2 aromatic carbocycles. The maximum absolute atomic E-state index is 13.1. The topological polar surface area (TPSA) is 35.9 Å². The second-order valence-corrected chi connectivity index (χ2v) is 6.88. The van der Waals surface area contributed by atoms with E-state index in [0.717, 1.165) is 11.3 Å². The number of nitrogens with zero attached hydrogens (tertiary/aromatic N) is 3. The standard InChI is InChI=1S/C21H19Cl2N3O/c1-3-11-25(12-4-2)14-26-19-8-6-5-7-16(19)20(21(26)27)24-15-9-10-17(22)18(23)13-15/h3-10,13H,1-2,11-12,14H2. The second kappa shape index (κ2) is 8.53. The van der Waals surface area contributed by atoms with Gasteiger partial charge in [-0.2, -0.15) is 0 Å². The molecule has 1 aliphatic rings. The van der Waals surface area contributed by atoms with Gasteiger partial charge in [0.1, 0.15) is 5.71 Å². The Morgan fingerprint density at radius 1 is 1.04 bits per heavy atom. The van der Waals surface area contributed by atoms with Crippen molar-refractivity contribution in [3.05, 3.63) is 83.4 Å². The Balaban J connectivity index is 1.98. The average molecular weight is 400 g/mol. The largest absolute Gasteiger partial charge is 0.293 e. The number of amides is 1. The fourth-order valence-corrected chi connectivity index (χ4v) is 3.24. The molecule has 0 unspecified atom stereocenters. The van der Waals surface area contributed by atoms with E-state index in [-0.39, 0.29) is 5.91 Å². The van der Waals surface area contributed by atoms with Crippen LogP contribution >= 0.6 is 23.2 Å². The summed E-state index contributed by atoms with van der Waals surface area (Å²) < 4.78 is 0. The van der Waals surface area contributed by atoms with Crippen LogP contribution in [0.1, 0.15) is 5.56 Å². The predicted molar refractivity (Wildman–Crippen MR) is 113 cm³/mol. The lowest BCUT2D eigenvalue weighted by molar-refractivity contribution is -0.112. The fraction of sp³-hybridized carbons (Fsp3) is 0.143. The Hall–Kier alpha value is -2.40. The molecule has 0 saturated carbocycles. The molecule has 0 fully saturated rings. The highest BCUT2D eigenvalue weighted by molar-refractivity contribution is 6.54. The lowest BCUT2D eigenvalue weighted by Crippen LogP contribution is -2.41. The van der Waals surface area contributed by atoms with Gasteiger partial charge in [-0.05, 0) is 24.3 Å². The molecule has 1 amide bonds. The Bertz CT molecular complexity index is 913. The minimum atomic E-state index is -0.152. The molecule has 2 aromatic rings. The van der Waals surface area contributed by atoms with Crippen LogP contribution in [-0.4, -0.2) is 36.3 Å². The van der Waals surface area contributed by atoms with Crippen molar-refractivity contribution >= 4 is 46.2 Å². The van der Waals surface area contributed by atoms with Crippen molar-refractivity contribution in [2.24, 2.45) is 4.99 Å². The van der Waals surface area contributed by atoms with Crippen LogP contribution in [0.5, 0.6) is 0 Å². The van der Waals surface area contributed by atoms with Crippen LogP contribution in [0.3, 0.4) is 0 Å². The quantitative estimate of drug-likeness (QED) is 0.607. The van der Waals surface area contributed by atoms with E-state index in [1.54, 1.807) is 35.3 Å². The summed E-state index contributed by atoms with van der Waals surface area (Å²) in [7, 11) is 0. The third-order valence-corrected chi connectivity index (χ3v) is 4.90. The summed E-state index contributed by atoms with van der Waals surface area (Å²) in [5.74, 6) is -0.152. The number of hydrogen-bond acceptors (Lipinski definition) is 3. The summed E-state index contributed by atoms with van der Waals surface area (Å²) in [5.41, 5.74) is 2.60. The van der Waals surface area contributed by atoms with Gasteiger partial charge >= 0.3 is 0 Å². The molecule has 0 aromatic heterocycles. The number of rotatable bonds is 7. The number of carbonyl (C=O) groups is 1. The predicted octanol–water partition coefficient (Wildman–Crippen LogP) is 5.09. The normalized spacial score (nSPS) is 14.7. The highest BCUT2D eigenvalue weighted by atomic mass is 35.5. The van der Waals surface area contributed by atoms with E-state index in [9.17, 15) is 4.79 Å². The molecule has 4 nitrogen and oxygen atoms in total. The highest BCUT2D eigenvalue weighted by Crippen LogP contribution is 2.32. The average Bonchev–Trinajstić information content (AvgIpc) is 2.91. The monoisotopic (exact) mass is 399 g/mol. The highest BCUT2D eigenvalue weighted by Gasteiger charge is 2.34. The number of benzene rings is 2. The summed E-state index contributed by atoms with van der Waals surface area (Å²) in [6.45, 7) is 9.29. The van der Waals surface area contributed by atoms with Crippen LogP contribution < -0.4 is 4.90 Å².